The van der Waals surface area contributed by atoms with Crippen LogP contribution in [0.1, 0.15) is 106 Å². The summed E-state index contributed by atoms with van der Waals surface area (Å²) in [5.74, 6) is 1.31. The van der Waals surface area contributed by atoms with Crippen LogP contribution >= 0.6 is 0 Å². The molecule has 0 heterocycles. The van der Waals surface area contributed by atoms with Gasteiger partial charge in [-0.2, -0.15) is 0 Å². The third-order valence-corrected chi connectivity index (χ3v) is 12.9. The van der Waals surface area contributed by atoms with E-state index in [-0.39, 0.29) is 27.1 Å². The molecule has 186 valence electrons. The molecular formula is C30H48O3. The zero-order valence-electron chi connectivity index (χ0n) is 22.2. The summed E-state index contributed by atoms with van der Waals surface area (Å²) in [6, 6.07) is 0. The van der Waals surface area contributed by atoms with Gasteiger partial charge in [0.1, 0.15) is 6.29 Å². The van der Waals surface area contributed by atoms with Crippen molar-refractivity contribution in [1.82, 2.24) is 0 Å². The smallest absolute Gasteiger partial charge is 0.126 e. The van der Waals surface area contributed by atoms with Gasteiger partial charge in [0.05, 0.1) is 12.2 Å². The van der Waals surface area contributed by atoms with Crippen LogP contribution in [0.25, 0.3) is 0 Å². The quantitative estimate of drug-likeness (QED) is 0.359. The van der Waals surface area contributed by atoms with Gasteiger partial charge in [0.25, 0.3) is 0 Å². The Morgan fingerprint density at radius 1 is 0.879 bits per heavy atom. The highest BCUT2D eigenvalue weighted by atomic mass is 16.3. The lowest BCUT2D eigenvalue weighted by atomic mass is 9.33. The molecule has 9 atom stereocenters. The lowest BCUT2D eigenvalue weighted by Gasteiger charge is -2.71. The Morgan fingerprint density at radius 2 is 1.55 bits per heavy atom. The first-order valence-electron chi connectivity index (χ1n) is 13.7. The number of aliphatic hydroxyl groups is 2. The summed E-state index contributed by atoms with van der Waals surface area (Å²) in [6.07, 6.45) is 12.2. The van der Waals surface area contributed by atoms with Crippen LogP contribution in [0.15, 0.2) is 11.6 Å². The molecule has 0 amide bonds. The van der Waals surface area contributed by atoms with Crippen molar-refractivity contribution < 1.29 is 15.0 Å². The maximum Gasteiger partial charge on any atom is 0.126 e. The van der Waals surface area contributed by atoms with E-state index in [1.54, 1.807) is 5.57 Å². The Labute approximate surface area is 201 Å². The fourth-order valence-corrected chi connectivity index (χ4v) is 10.6. The van der Waals surface area contributed by atoms with Crippen LogP contribution in [0.3, 0.4) is 0 Å². The minimum atomic E-state index is -0.644. The highest BCUT2D eigenvalue weighted by molar-refractivity contribution is 5.63. The minimum absolute atomic E-state index is 0.0191. The largest absolute Gasteiger partial charge is 0.390 e. The maximum atomic E-state index is 12.6. The maximum absolute atomic E-state index is 12.6. The fourth-order valence-electron chi connectivity index (χ4n) is 10.6. The molecule has 4 saturated carbocycles. The van der Waals surface area contributed by atoms with Crippen molar-refractivity contribution in [3.8, 4) is 0 Å². The predicted octanol–water partition coefficient (Wildman–Crippen LogP) is 6.32. The Kier molecular flexibility index (Phi) is 5.07. The Balaban J connectivity index is 1.60. The summed E-state index contributed by atoms with van der Waals surface area (Å²) in [5.41, 5.74) is 1.77. The first kappa shape index (κ1) is 24.0. The highest BCUT2D eigenvalue weighted by Crippen LogP contribution is 2.75. The van der Waals surface area contributed by atoms with Gasteiger partial charge in [-0.1, -0.05) is 60.1 Å². The number of aldehydes is 1. The summed E-state index contributed by atoms with van der Waals surface area (Å²) in [7, 11) is 0. The predicted molar refractivity (Wildman–Crippen MR) is 132 cm³/mol. The third-order valence-electron chi connectivity index (χ3n) is 12.9. The van der Waals surface area contributed by atoms with Crippen molar-refractivity contribution in [1.29, 1.82) is 0 Å². The van der Waals surface area contributed by atoms with Crippen molar-refractivity contribution >= 4 is 6.29 Å². The molecule has 5 aliphatic carbocycles. The third kappa shape index (κ3) is 2.90. The van der Waals surface area contributed by atoms with Gasteiger partial charge in [-0.15, -0.1) is 0 Å². The van der Waals surface area contributed by atoms with Crippen LogP contribution in [0.4, 0.5) is 0 Å². The van der Waals surface area contributed by atoms with Crippen molar-refractivity contribution in [2.75, 3.05) is 0 Å². The molecule has 3 nitrogen and oxygen atoms in total. The van der Waals surface area contributed by atoms with Crippen LogP contribution in [-0.2, 0) is 4.79 Å². The molecule has 0 aliphatic heterocycles. The topological polar surface area (TPSA) is 57.5 Å². The summed E-state index contributed by atoms with van der Waals surface area (Å²) in [6.45, 7) is 16.7. The summed E-state index contributed by atoms with van der Waals surface area (Å²) < 4.78 is 0. The molecule has 3 heteroatoms. The summed E-state index contributed by atoms with van der Waals surface area (Å²) >= 11 is 0. The fraction of sp³-hybridized carbons (Fsp3) is 0.900. The molecule has 0 aromatic heterocycles. The number of hydrogen-bond acceptors (Lipinski definition) is 3. The number of hydrogen-bond donors (Lipinski definition) is 2. The van der Waals surface area contributed by atoms with Gasteiger partial charge in [0, 0.05) is 5.41 Å². The second-order valence-corrected chi connectivity index (χ2v) is 15.1. The lowest BCUT2D eigenvalue weighted by molar-refractivity contribution is -0.230. The average molecular weight is 457 g/mol. The molecule has 0 aromatic carbocycles. The van der Waals surface area contributed by atoms with Crippen molar-refractivity contribution in [3.05, 3.63) is 11.6 Å². The number of aliphatic hydroxyl groups excluding tert-OH is 2. The molecule has 0 spiro atoms. The van der Waals surface area contributed by atoms with Gasteiger partial charge in [0.2, 0.25) is 0 Å². The second kappa shape index (κ2) is 6.96. The first-order chi connectivity index (χ1) is 15.2. The zero-order chi connectivity index (χ0) is 24.2. The van der Waals surface area contributed by atoms with Crippen LogP contribution < -0.4 is 0 Å². The van der Waals surface area contributed by atoms with E-state index in [2.05, 4.69) is 54.5 Å². The van der Waals surface area contributed by atoms with Gasteiger partial charge in [-0.3, -0.25) is 0 Å². The Bertz CT molecular complexity index is 872. The number of fused-ring (bicyclic) bond motifs is 7. The van der Waals surface area contributed by atoms with Crippen molar-refractivity contribution in [3.63, 3.8) is 0 Å². The first-order valence-corrected chi connectivity index (χ1v) is 13.7. The molecule has 0 unspecified atom stereocenters. The molecule has 4 fully saturated rings. The lowest BCUT2D eigenvalue weighted by Crippen LogP contribution is -2.66. The van der Waals surface area contributed by atoms with E-state index in [1.807, 2.05) is 0 Å². The zero-order valence-corrected chi connectivity index (χ0v) is 22.2. The van der Waals surface area contributed by atoms with Crippen LogP contribution in [0.2, 0.25) is 0 Å². The molecule has 0 radical (unpaired) electrons. The second-order valence-electron chi connectivity index (χ2n) is 15.1. The molecule has 0 bridgehead atoms. The Hall–Kier alpha value is -0.670. The molecule has 0 aromatic rings. The standard InChI is InChI=1S/C30H48O3/c1-25(2)12-14-30(18-31)15-13-28(6)19(20(30)16-25)8-9-23-27(5)17-21(32)24(33)26(3,4)22(27)10-11-29(23,28)7/h8,18,20-24,32-33H,9-17H2,1-7H3/t20-,21+,22-,23+,24+,27-,28+,29+,30+/m0/s1. The molecule has 0 saturated heterocycles. The summed E-state index contributed by atoms with van der Waals surface area (Å²) in [5, 5.41) is 21.9. The van der Waals surface area contributed by atoms with Crippen LogP contribution in [-0.4, -0.2) is 28.7 Å². The van der Waals surface area contributed by atoms with Gasteiger partial charge in [-0.25, -0.2) is 0 Å². The molecule has 5 rings (SSSR count). The summed E-state index contributed by atoms with van der Waals surface area (Å²) in [4.78, 5) is 12.6. The molecule has 33 heavy (non-hydrogen) atoms. The van der Waals surface area contributed by atoms with E-state index in [9.17, 15) is 15.0 Å². The number of carbonyl (C=O) groups is 1. The van der Waals surface area contributed by atoms with Gasteiger partial charge >= 0.3 is 0 Å². The van der Waals surface area contributed by atoms with Gasteiger partial charge in [-0.05, 0) is 103 Å². The van der Waals surface area contributed by atoms with E-state index in [1.165, 1.54) is 12.7 Å². The van der Waals surface area contributed by atoms with E-state index < -0.39 is 12.2 Å². The van der Waals surface area contributed by atoms with Crippen LogP contribution in [0, 0.1) is 50.2 Å². The van der Waals surface area contributed by atoms with E-state index >= 15 is 0 Å². The van der Waals surface area contributed by atoms with Gasteiger partial charge < -0.3 is 15.0 Å². The normalized spacial score (nSPS) is 54.7. The highest BCUT2D eigenvalue weighted by Gasteiger charge is 2.69. The molecular weight excluding hydrogens is 408 g/mol. The van der Waals surface area contributed by atoms with Crippen LogP contribution in [0.5, 0.6) is 0 Å². The number of rotatable bonds is 1. The van der Waals surface area contributed by atoms with Gasteiger partial charge in [0.15, 0.2) is 0 Å². The monoisotopic (exact) mass is 456 g/mol. The Morgan fingerprint density at radius 3 is 2.21 bits per heavy atom. The van der Waals surface area contributed by atoms with Crippen molar-refractivity contribution in [2.24, 2.45) is 50.2 Å². The van der Waals surface area contributed by atoms with E-state index in [4.69, 9.17) is 0 Å². The van der Waals surface area contributed by atoms with E-state index in [0.717, 1.165) is 44.9 Å². The minimum Gasteiger partial charge on any atom is -0.390 e. The average Bonchev–Trinajstić information content (AvgIpc) is 2.72. The molecule has 5 aliphatic rings. The number of carbonyl (C=O) groups excluding carboxylic acids is 1. The van der Waals surface area contributed by atoms with Crippen molar-refractivity contribution in [2.45, 2.75) is 118 Å². The van der Waals surface area contributed by atoms with E-state index in [0.29, 0.717) is 29.6 Å². The number of allylic oxidation sites excluding steroid dienone is 2. The molecule has 2 N–H and O–H groups in total. The SMILES string of the molecule is CC1(C)CC[C@]2(C=O)CC[C@]3(C)C(=CC[C@@H]4[C@@]5(C)C[C@@H](O)[C@@H](O)C(C)(C)[C@@H]5CC[C@]43C)[C@@H]2C1.